The number of nitrogens with zero attached hydrogens (tertiary/aromatic N) is 3. The molecule has 2 N–H and O–H groups in total. The molecule has 2 rings (SSSR count). The summed E-state index contributed by atoms with van der Waals surface area (Å²) < 4.78 is 0. The van der Waals surface area contributed by atoms with Gasteiger partial charge in [0.1, 0.15) is 17.2 Å². The molecule has 0 aliphatic carbocycles. The summed E-state index contributed by atoms with van der Waals surface area (Å²) >= 11 is 6.11. The van der Waals surface area contributed by atoms with Gasteiger partial charge in [-0.3, -0.25) is 0 Å². The van der Waals surface area contributed by atoms with E-state index in [2.05, 4.69) is 21.8 Å². The van der Waals surface area contributed by atoms with Crippen molar-refractivity contribution in [1.29, 1.82) is 0 Å². The van der Waals surface area contributed by atoms with Gasteiger partial charge in [0.2, 0.25) is 0 Å². The van der Waals surface area contributed by atoms with E-state index in [9.17, 15) is 0 Å². The zero-order chi connectivity index (χ0) is 11.5. The van der Waals surface area contributed by atoms with Crippen LogP contribution < -0.4 is 10.6 Å². The maximum absolute atomic E-state index is 6.11. The SMILES string of the molecule is CCC1CCN(c2ncnc(N)c2Cl)CC1. The minimum absolute atomic E-state index is 0.365. The lowest BCUT2D eigenvalue weighted by atomic mass is 9.94. The number of rotatable bonds is 2. The van der Waals surface area contributed by atoms with Gasteiger partial charge in [0.15, 0.2) is 5.82 Å². The van der Waals surface area contributed by atoms with E-state index in [4.69, 9.17) is 17.3 Å². The molecule has 1 aliphatic heterocycles. The minimum atomic E-state index is 0.365. The number of hydrogen-bond acceptors (Lipinski definition) is 4. The highest BCUT2D eigenvalue weighted by molar-refractivity contribution is 6.35. The molecule has 1 aromatic rings. The van der Waals surface area contributed by atoms with Crippen LogP contribution in [-0.4, -0.2) is 23.1 Å². The molecule has 1 aliphatic rings. The van der Waals surface area contributed by atoms with Crippen molar-refractivity contribution in [2.45, 2.75) is 26.2 Å². The van der Waals surface area contributed by atoms with Gasteiger partial charge >= 0.3 is 0 Å². The Kier molecular flexibility index (Phi) is 3.49. The van der Waals surface area contributed by atoms with Crippen molar-refractivity contribution in [3.05, 3.63) is 11.3 Å². The Morgan fingerprint density at radius 2 is 2.12 bits per heavy atom. The highest BCUT2D eigenvalue weighted by Gasteiger charge is 2.21. The first-order valence-corrected chi connectivity index (χ1v) is 6.11. The molecule has 1 aromatic heterocycles. The number of nitrogen functional groups attached to an aromatic ring is 1. The first-order chi connectivity index (χ1) is 7.72. The van der Waals surface area contributed by atoms with Crippen LogP contribution >= 0.6 is 11.6 Å². The van der Waals surface area contributed by atoms with Crippen LogP contribution in [0.15, 0.2) is 6.33 Å². The van der Waals surface area contributed by atoms with Gasteiger partial charge in [-0.25, -0.2) is 9.97 Å². The second kappa shape index (κ2) is 4.87. The molecule has 88 valence electrons. The first kappa shape index (κ1) is 11.5. The smallest absolute Gasteiger partial charge is 0.153 e. The van der Waals surface area contributed by atoms with Gasteiger partial charge in [-0.2, -0.15) is 0 Å². The number of aromatic nitrogens is 2. The van der Waals surface area contributed by atoms with Gasteiger partial charge in [0.05, 0.1) is 0 Å². The lowest BCUT2D eigenvalue weighted by molar-refractivity contribution is 0.394. The molecule has 0 atom stereocenters. The summed E-state index contributed by atoms with van der Waals surface area (Å²) in [5.41, 5.74) is 5.67. The third-order valence-electron chi connectivity index (χ3n) is 3.29. The van der Waals surface area contributed by atoms with Crippen molar-refractivity contribution >= 4 is 23.2 Å². The summed E-state index contributed by atoms with van der Waals surface area (Å²) in [5.74, 6) is 1.99. The van der Waals surface area contributed by atoms with Crippen LogP contribution in [0.3, 0.4) is 0 Å². The first-order valence-electron chi connectivity index (χ1n) is 5.73. The van der Waals surface area contributed by atoms with E-state index in [1.54, 1.807) is 0 Å². The van der Waals surface area contributed by atoms with Crippen molar-refractivity contribution in [2.24, 2.45) is 5.92 Å². The van der Waals surface area contributed by atoms with Gasteiger partial charge in [-0.1, -0.05) is 24.9 Å². The van der Waals surface area contributed by atoms with E-state index in [0.29, 0.717) is 10.8 Å². The van der Waals surface area contributed by atoms with Crippen molar-refractivity contribution < 1.29 is 0 Å². The molecule has 0 aromatic carbocycles. The summed E-state index contributed by atoms with van der Waals surface area (Å²) in [6, 6.07) is 0. The molecule has 0 unspecified atom stereocenters. The molecule has 2 heterocycles. The lowest BCUT2D eigenvalue weighted by Crippen LogP contribution is -2.34. The Hall–Kier alpha value is -1.03. The molecule has 5 heteroatoms. The fourth-order valence-electron chi connectivity index (χ4n) is 2.15. The van der Waals surface area contributed by atoms with Gasteiger partial charge in [0.25, 0.3) is 0 Å². The predicted molar refractivity (Wildman–Crippen MR) is 66.7 cm³/mol. The van der Waals surface area contributed by atoms with Gasteiger partial charge in [-0.05, 0) is 18.8 Å². The third kappa shape index (κ3) is 2.21. The second-order valence-electron chi connectivity index (χ2n) is 4.24. The summed E-state index contributed by atoms with van der Waals surface area (Å²) in [6.45, 7) is 4.26. The van der Waals surface area contributed by atoms with Crippen LogP contribution in [0.4, 0.5) is 11.6 Å². The van der Waals surface area contributed by atoms with Gasteiger partial charge in [-0.15, -0.1) is 0 Å². The van der Waals surface area contributed by atoms with E-state index in [1.165, 1.54) is 25.6 Å². The fourth-order valence-corrected chi connectivity index (χ4v) is 2.36. The summed E-state index contributed by atoms with van der Waals surface area (Å²) in [6.07, 6.45) is 5.14. The van der Waals surface area contributed by atoms with E-state index in [1.807, 2.05) is 0 Å². The molecule has 0 spiro atoms. The van der Waals surface area contributed by atoms with Crippen molar-refractivity contribution in [3.8, 4) is 0 Å². The maximum atomic E-state index is 6.11. The molecule has 4 nitrogen and oxygen atoms in total. The fraction of sp³-hybridized carbons (Fsp3) is 0.636. The lowest BCUT2D eigenvalue weighted by Gasteiger charge is -2.32. The minimum Gasteiger partial charge on any atom is -0.382 e. The average Bonchev–Trinajstić information content (AvgIpc) is 2.33. The third-order valence-corrected chi connectivity index (χ3v) is 3.65. The molecule has 16 heavy (non-hydrogen) atoms. The van der Waals surface area contributed by atoms with E-state index >= 15 is 0 Å². The molecule has 0 saturated carbocycles. The molecular formula is C11H17ClN4. The number of anilines is 2. The Morgan fingerprint density at radius 3 is 2.75 bits per heavy atom. The summed E-state index contributed by atoms with van der Waals surface area (Å²) in [4.78, 5) is 10.3. The Morgan fingerprint density at radius 1 is 1.44 bits per heavy atom. The zero-order valence-electron chi connectivity index (χ0n) is 9.49. The van der Waals surface area contributed by atoms with Crippen LogP contribution in [0.2, 0.25) is 5.02 Å². The number of piperidine rings is 1. The number of halogens is 1. The van der Waals surface area contributed by atoms with Gasteiger partial charge < -0.3 is 10.6 Å². The van der Waals surface area contributed by atoms with E-state index in [0.717, 1.165) is 24.8 Å². The van der Waals surface area contributed by atoms with Crippen LogP contribution in [0.5, 0.6) is 0 Å². The number of nitrogens with two attached hydrogens (primary N) is 1. The number of hydrogen-bond donors (Lipinski definition) is 1. The molecule has 1 fully saturated rings. The van der Waals surface area contributed by atoms with Crippen LogP contribution in [-0.2, 0) is 0 Å². The highest BCUT2D eigenvalue weighted by Crippen LogP contribution is 2.30. The van der Waals surface area contributed by atoms with Crippen molar-refractivity contribution in [3.63, 3.8) is 0 Å². The van der Waals surface area contributed by atoms with Gasteiger partial charge in [0, 0.05) is 13.1 Å². The van der Waals surface area contributed by atoms with Crippen molar-refractivity contribution in [1.82, 2.24) is 9.97 Å². The maximum Gasteiger partial charge on any atom is 0.153 e. The Bertz CT molecular complexity index is 361. The largest absolute Gasteiger partial charge is 0.382 e. The molecule has 1 saturated heterocycles. The standard InChI is InChI=1S/C11H17ClN4/c1-2-8-3-5-16(6-4-8)11-9(12)10(13)14-7-15-11/h7-8H,2-6H2,1H3,(H2,13,14,15). The predicted octanol–water partition coefficient (Wildman–Crippen LogP) is 2.34. The monoisotopic (exact) mass is 240 g/mol. The highest BCUT2D eigenvalue weighted by atomic mass is 35.5. The van der Waals surface area contributed by atoms with E-state index < -0.39 is 0 Å². The van der Waals surface area contributed by atoms with Crippen LogP contribution in [0, 0.1) is 5.92 Å². The Balaban J connectivity index is 2.11. The summed E-state index contributed by atoms with van der Waals surface area (Å²) in [7, 11) is 0. The normalized spacial score (nSPS) is 17.8. The quantitative estimate of drug-likeness (QED) is 0.862. The summed E-state index contributed by atoms with van der Waals surface area (Å²) in [5, 5.41) is 0.484. The Labute approximate surface area is 101 Å². The molecule has 0 bridgehead atoms. The second-order valence-corrected chi connectivity index (χ2v) is 4.61. The molecule has 0 amide bonds. The molecule has 0 radical (unpaired) electrons. The topological polar surface area (TPSA) is 55.0 Å². The zero-order valence-corrected chi connectivity index (χ0v) is 10.2. The van der Waals surface area contributed by atoms with Crippen LogP contribution in [0.1, 0.15) is 26.2 Å². The van der Waals surface area contributed by atoms with Crippen molar-refractivity contribution in [2.75, 3.05) is 23.7 Å². The molecular weight excluding hydrogens is 224 g/mol. The van der Waals surface area contributed by atoms with E-state index in [-0.39, 0.29) is 0 Å². The van der Waals surface area contributed by atoms with Crippen LogP contribution in [0.25, 0.3) is 0 Å². The average molecular weight is 241 g/mol.